The van der Waals surface area contributed by atoms with Crippen LogP contribution in [0.1, 0.15) is 15.9 Å². The summed E-state index contributed by atoms with van der Waals surface area (Å²) in [4.78, 5) is 23.5. The van der Waals surface area contributed by atoms with E-state index < -0.39 is 11.9 Å². The number of halogens is 2. The van der Waals surface area contributed by atoms with Crippen LogP contribution in [0.5, 0.6) is 5.75 Å². The zero-order valence-corrected chi connectivity index (χ0v) is 15.7. The molecule has 2 aromatic carbocycles. The molecule has 3 amide bonds. The van der Waals surface area contributed by atoms with Gasteiger partial charge in [0.05, 0.1) is 23.5 Å². The molecular weight excluding hydrogens is 385 g/mol. The number of thiol groups is 1. The maximum absolute atomic E-state index is 12.4. The summed E-state index contributed by atoms with van der Waals surface area (Å²) in [6.07, 6.45) is 0. The lowest BCUT2D eigenvalue weighted by Crippen LogP contribution is -2.27. The maximum Gasteiger partial charge on any atom is 0.336 e. The highest BCUT2D eigenvalue weighted by atomic mass is 35.5. The fraction of sp³-hybridized carbons (Fsp3) is 0.125. The average Bonchev–Trinajstić information content (AvgIpc) is 2.59. The number of ether oxygens (including phenoxy) is 1. The first-order valence-corrected chi connectivity index (χ1v) is 8.14. The molecule has 0 fully saturated rings. The minimum absolute atomic E-state index is 0.294. The first-order valence-electron chi connectivity index (χ1n) is 6.98. The van der Waals surface area contributed by atoms with Gasteiger partial charge in [0.25, 0.3) is 0 Å². The predicted molar refractivity (Wildman–Crippen MR) is 103 cm³/mol. The molecule has 132 valence electrons. The van der Waals surface area contributed by atoms with Crippen LogP contribution >= 0.6 is 36.0 Å². The van der Waals surface area contributed by atoms with Crippen molar-refractivity contribution < 1.29 is 14.3 Å². The predicted octanol–water partition coefficient (Wildman–Crippen LogP) is 4.29. The molecule has 0 aliphatic heterocycles. The lowest BCUT2D eigenvalue weighted by molar-refractivity contribution is 0.100. The highest BCUT2D eigenvalue weighted by Crippen LogP contribution is 2.39. The van der Waals surface area contributed by atoms with E-state index in [1.165, 1.54) is 25.3 Å². The highest BCUT2D eigenvalue weighted by molar-refractivity contribution is 7.82. The number of urea groups is 1. The van der Waals surface area contributed by atoms with Gasteiger partial charge in [0.15, 0.2) is 5.75 Å². The Morgan fingerprint density at radius 1 is 1.24 bits per heavy atom. The molecule has 0 aliphatic carbocycles. The number of nitrogens with zero attached hydrogens (tertiary/aromatic N) is 1. The van der Waals surface area contributed by atoms with Gasteiger partial charge in [-0.1, -0.05) is 36.0 Å². The molecule has 0 atom stereocenters. The quantitative estimate of drug-likeness (QED) is 0.670. The maximum atomic E-state index is 12.4. The van der Waals surface area contributed by atoms with E-state index >= 15 is 0 Å². The molecule has 0 saturated carbocycles. The Morgan fingerprint density at radius 3 is 2.36 bits per heavy atom. The second kappa shape index (κ2) is 7.86. The van der Waals surface area contributed by atoms with Gasteiger partial charge >= 0.3 is 6.03 Å². The van der Waals surface area contributed by atoms with Gasteiger partial charge in [-0.15, -0.1) is 0 Å². The molecule has 0 bridgehead atoms. The summed E-state index contributed by atoms with van der Waals surface area (Å²) in [7, 11) is 1.44. The van der Waals surface area contributed by atoms with Crippen LogP contribution in [0.2, 0.25) is 10.0 Å². The van der Waals surface area contributed by atoms with Crippen LogP contribution in [0, 0.1) is 6.92 Å². The summed E-state index contributed by atoms with van der Waals surface area (Å²) in [6, 6.07) is 7.04. The zero-order chi connectivity index (χ0) is 18.7. The number of methoxy groups -OCH3 is 1. The van der Waals surface area contributed by atoms with Crippen molar-refractivity contribution in [1.29, 1.82) is 0 Å². The van der Waals surface area contributed by atoms with Gasteiger partial charge in [-0.25, -0.2) is 9.10 Å². The Morgan fingerprint density at radius 2 is 1.84 bits per heavy atom. The van der Waals surface area contributed by atoms with Gasteiger partial charge in [0.1, 0.15) is 0 Å². The minimum atomic E-state index is -0.565. The number of primary amides is 1. The third kappa shape index (κ3) is 4.12. The van der Waals surface area contributed by atoms with Crippen LogP contribution < -0.4 is 20.1 Å². The first kappa shape index (κ1) is 19.2. The van der Waals surface area contributed by atoms with Crippen molar-refractivity contribution >= 4 is 59.3 Å². The molecule has 2 aromatic rings. The molecular formula is C16H15Cl2N3O3S. The molecule has 2 rings (SSSR count). The second-order valence-corrected chi connectivity index (χ2v) is 6.22. The molecule has 9 heteroatoms. The van der Waals surface area contributed by atoms with Crippen LogP contribution in [0.25, 0.3) is 0 Å². The summed E-state index contributed by atoms with van der Waals surface area (Å²) >= 11 is 16.5. The van der Waals surface area contributed by atoms with E-state index in [9.17, 15) is 9.59 Å². The van der Waals surface area contributed by atoms with Gasteiger partial charge in [0, 0.05) is 10.6 Å². The number of anilines is 2. The van der Waals surface area contributed by atoms with Gasteiger partial charge in [0.2, 0.25) is 5.91 Å². The number of hydrogen-bond donors (Lipinski definition) is 3. The van der Waals surface area contributed by atoms with Gasteiger partial charge < -0.3 is 15.8 Å². The van der Waals surface area contributed by atoms with E-state index in [1.54, 1.807) is 19.1 Å². The van der Waals surface area contributed by atoms with Crippen LogP contribution in [-0.4, -0.2) is 19.0 Å². The number of benzene rings is 2. The number of carbonyl (C=O) groups is 2. The number of nitrogens with two attached hydrogens (primary N) is 1. The summed E-state index contributed by atoms with van der Waals surface area (Å²) in [5, 5.41) is 3.32. The van der Waals surface area contributed by atoms with Crippen molar-refractivity contribution in [2.45, 2.75) is 6.92 Å². The van der Waals surface area contributed by atoms with Crippen LogP contribution in [0.15, 0.2) is 30.3 Å². The van der Waals surface area contributed by atoms with Crippen molar-refractivity contribution in [3.8, 4) is 5.75 Å². The molecule has 0 spiro atoms. The average molecular weight is 400 g/mol. The van der Waals surface area contributed by atoms with Gasteiger partial charge in [-0.3, -0.25) is 4.79 Å². The van der Waals surface area contributed by atoms with E-state index in [4.69, 9.17) is 33.7 Å². The fourth-order valence-corrected chi connectivity index (χ4v) is 2.75. The van der Waals surface area contributed by atoms with Crippen molar-refractivity contribution in [2.24, 2.45) is 5.73 Å². The van der Waals surface area contributed by atoms with Gasteiger partial charge in [-0.2, -0.15) is 0 Å². The Bertz CT molecular complexity index is 828. The van der Waals surface area contributed by atoms with Crippen LogP contribution in [0.3, 0.4) is 0 Å². The molecule has 0 aromatic heterocycles. The van der Waals surface area contributed by atoms with Crippen molar-refractivity contribution in [1.82, 2.24) is 0 Å². The van der Waals surface area contributed by atoms with Crippen molar-refractivity contribution in [3.05, 3.63) is 51.5 Å². The largest absolute Gasteiger partial charge is 0.493 e. The second-order valence-electron chi connectivity index (χ2n) is 5.03. The van der Waals surface area contributed by atoms with E-state index in [0.717, 1.165) is 4.31 Å². The number of rotatable bonds is 4. The number of hydrogen-bond acceptors (Lipinski definition) is 4. The lowest BCUT2D eigenvalue weighted by Gasteiger charge is -2.19. The summed E-state index contributed by atoms with van der Waals surface area (Å²) in [5.74, 6) is -0.266. The highest BCUT2D eigenvalue weighted by Gasteiger charge is 2.19. The monoisotopic (exact) mass is 399 g/mol. The molecule has 0 aliphatic rings. The van der Waals surface area contributed by atoms with E-state index in [0.29, 0.717) is 38.3 Å². The Labute approximate surface area is 160 Å². The standard InChI is InChI=1S/C16H15Cl2N3O3S/c1-8-11(17)7-12(14(24-2)13(8)18)20-16(23)21(25)10-5-3-9(4-6-10)15(19)22/h3-7,25H,1-2H3,(H2,19,22)(H,20,23). The minimum Gasteiger partial charge on any atom is -0.493 e. The van der Waals surface area contributed by atoms with Crippen molar-refractivity contribution in [2.75, 3.05) is 16.7 Å². The number of carbonyl (C=O) groups excluding carboxylic acids is 2. The topological polar surface area (TPSA) is 84.7 Å². The van der Waals surface area contributed by atoms with Crippen LogP contribution in [0.4, 0.5) is 16.2 Å². The Hall–Kier alpha value is -2.09. The Kier molecular flexibility index (Phi) is 6.05. The van der Waals surface area contributed by atoms with Crippen molar-refractivity contribution in [3.63, 3.8) is 0 Å². The lowest BCUT2D eigenvalue weighted by atomic mass is 10.2. The summed E-state index contributed by atoms with van der Waals surface area (Å²) < 4.78 is 6.30. The number of nitrogens with one attached hydrogen (secondary N) is 1. The smallest absolute Gasteiger partial charge is 0.336 e. The van der Waals surface area contributed by atoms with E-state index in [2.05, 4.69) is 18.1 Å². The molecule has 6 nitrogen and oxygen atoms in total. The molecule has 25 heavy (non-hydrogen) atoms. The zero-order valence-electron chi connectivity index (χ0n) is 13.3. The molecule has 0 unspecified atom stereocenters. The van der Waals surface area contributed by atoms with E-state index in [-0.39, 0.29) is 0 Å². The Balaban J connectivity index is 2.26. The van der Waals surface area contributed by atoms with Crippen LogP contribution in [-0.2, 0) is 0 Å². The SMILES string of the molecule is COc1c(NC(=O)N(S)c2ccc(C(N)=O)cc2)cc(Cl)c(C)c1Cl. The summed E-state index contributed by atoms with van der Waals surface area (Å²) in [5.41, 5.74) is 6.90. The number of amides is 3. The third-order valence-corrected chi connectivity index (χ3v) is 4.70. The fourth-order valence-electron chi connectivity index (χ4n) is 2.04. The summed E-state index contributed by atoms with van der Waals surface area (Å²) in [6.45, 7) is 1.74. The third-order valence-electron chi connectivity index (χ3n) is 3.44. The molecule has 0 saturated heterocycles. The van der Waals surface area contributed by atoms with Gasteiger partial charge in [-0.05, 0) is 42.8 Å². The molecule has 0 radical (unpaired) electrons. The molecule has 3 N–H and O–H groups in total. The molecule has 0 heterocycles. The normalized spacial score (nSPS) is 10.3. The van der Waals surface area contributed by atoms with E-state index in [1.807, 2.05) is 0 Å². The first-order chi connectivity index (χ1) is 11.8.